The van der Waals surface area contributed by atoms with E-state index in [0.29, 0.717) is 6.42 Å². The summed E-state index contributed by atoms with van der Waals surface area (Å²) in [6.45, 7) is 5.65. The van der Waals surface area contributed by atoms with Gasteiger partial charge in [-0.2, -0.15) is 0 Å². The molecular weight excluding hydrogens is 270 g/mol. The number of nitrogens with one attached hydrogen (secondary N) is 1. The highest BCUT2D eigenvalue weighted by molar-refractivity contribution is 5.76. The van der Waals surface area contributed by atoms with Gasteiger partial charge in [-0.25, -0.2) is 4.79 Å². The van der Waals surface area contributed by atoms with Gasteiger partial charge in [-0.05, 0) is 12.0 Å². The highest BCUT2D eigenvalue weighted by Crippen LogP contribution is 2.11. The molecule has 0 aliphatic carbocycles. The van der Waals surface area contributed by atoms with Crippen molar-refractivity contribution in [2.45, 2.75) is 26.0 Å². The number of alkyl carbamates (subject to hydrolysis) is 1. The standard InChI is InChI=1S/C16H21NO4/c1-4-13(15(18)20-3)14(5-2)17-16(19)21-11-12-9-7-6-8-10-12/h4,6-10,13-14H,1,5,11H2,2-3H3,(H,17,19). The number of hydrogen-bond donors (Lipinski definition) is 1. The van der Waals surface area contributed by atoms with Crippen molar-refractivity contribution >= 4 is 12.1 Å². The first-order valence-corrected chi connectivity index (χ1v) is 6.80. The van der Waals surface area contributed by atoms with Gasteiger partial charge in [0.15, 0.2) is 0 Å². The van der Waals surface area contributed by atoms with E-state index in [1.54, 1.807) is 0 Å². The molecule has 0 bridgehead atoms. The van der Waals surface area contributed by atoms with Crippen LogP contribution in [0.5, 0.6) is 0 Å². The number of carbonyl (C=O) groups is 2. The van der Waals surface area contributed by atoms with E-state index in [0.717, 1.165) is 5.56 Å². The first-order valence-electron chi connectivity index (χ1n) is 6.80. The molecule has 21 heavy (non-hydrogen) atoms. The first kappa shape index (κ1) is 16.8. The van der Waals surface area contributed by atoms with Crippen molar-refractivity contribution in [1.29, 1.82) is 0 Å². The number of rotatable bonds is 7. The van der Waals surface area contributed by atoms with Crippen LogP contribution in [0.25, 0.3) is 0 Å². The predicted octanol–water partition coefficient (Wildman–Crippen LogP) is 2.67. The summed E-state index contributed by atoms with van der Waals surface area (Å²) in [6, 6.07) is 8.96. The van der Waals surface area contributed by atoms with Crippen LogP contribution < -0.4 is 5.32 Å². The molecule has 1 rings (SSSR count). The Morgan fingerprint density at radius 1 is 1.33 bits per heavy atom. The lowest BCUT2D eigenvalue weighted by Crippen LogP contribution is -2.42. The van der Waals surface area contributed by atoms with Crippen molar-refractivity contribution < 1.29 is 19.1 Å². The lowest BCUT2D eigenvalue weighted by Gasteiger charge is -2.22. The van der Waals surface area contributed by atoms with E-state index in [4.69, 9.17) is 9.47 Å². The second-order valence-electron chi connectivity index (χ2n) is 4.51. The van der Waals surface area contributed by atoms with Gasteiger partial charge >= 0.3 is 12.1 Å². The summed E-state index contributed by atoms with van der Waals surface area (Å²) in [4.78, 5) is 23.4. The molecule has 0 aliphatic heterocycles. The fourth-order valence-electron chi connectivity index (χ4n) is 1.92. The lowest BCUT2D eigenvalue weighted by atomic mass is 9.98. The van der Waals surface area contributed by atoms with E-state index in [1.807, 2.05) is 37.3 Å². The number of ether oxygens (including phenoxy) is 2. The van der Waals surface area contributed by atoms with Crippen molar-refractivity contribution in [2.24, 2.45) is 5.92 Å². The van der Waals surface area contributed by atoms with E-state index in [2.05, 4.69) is 11.9 Å². The maximum absolute atomic E-state index is 11.8. The molecule has 1 amide bonds. The summed E-state index contributed by atoms with van der Waals surface area (Å²) in [5, 5.41) is 2.67. The molecular formula is C16H21NO4. The Morgan fingerprint density at radius 3 is 2.52 bits per heavy atom. The van der Waals surface area contributed by atoms with Gasteiger partial charge in [0, 0.05) is 6.04 Å². The van der Waals surface area contributed by atoms with Crippen LogP contribution in [0.1, 0.15) is 18.9 Å². The Morgan fingerprint density at radius 2 is 2.00 bits per heavy atom. The fourth-order valence-corrected chi connectivity index (χ4v) is 1.92. The Bertz CT molecular complexity index is 472. The molecule has 0 saturated carbocycles. The van der Waals surface area contributed by atoms with Crippen LogP contribution >= 0.6 is 0 Å². The van der Waals surface area contributed by atoms with Crippen LogP contribution in [0.3, 0.4) is 0 Å². The molecule has 114 valence electrons. The minimum absolute atomic E-state index is 0.181. The molecule has 1 aromatic rings. The minimum Gasteiger partial charge on any atom is -0.469 e. The summed E-state index contributed by atoms with van der Waals surface area (Å²) in [6.07, 6.45) is 1.46. The summed E-state index contributed by atoms with van der Waals surface area (Å²) in [5.74, 6) is -1.02. The Balaban J connectivity index is 2.54. The molecule has 1 N–H and O–H groups in total. The quantitative estimate of drug-likeness (QED) is 0.619. The summed E-state index contributed by atoms with van der Waals surface area (Å²) in [7, 11) is 1.30. The Kier molecular flexibility index (Phi) is 7.01. The van der Waals surface area contributed by atoms with Gasteiger partial charge in [-0.15, -0.1) is 6.58 Å². The number of methoxy groups -OCH3 is 1. The average Bonchev–Trinajstić information content (AvgIpc) is 2.53. The van der Waals surface area contributed by atoms with E-state index in [1.165, 1.54) is 13.2 Å². The highest BCUT2D eigenvalue weighted by atomic mass is 16.5. The molecule has 0 aliphatic rings. The molecule has 0 fully saturated rings. The van der Waals surface area contributed by atoms with Crippen LogP contribution in [-0.2, 0) is 20.9 Å². The number of amides is 1. The molecule has 0 saturated heterocycles. The number of benzene rings is 1. The molecule has 0 heterocycles. The number of esters is 1. The zero-order valence-electron chi connectivity index (χ0n) is 12.4. The maximum atomic E-state index is 11.8. The van der Waals surface area contributed by atoms with Crippen molar-refractivity contribution in [1.82, 2.24) is 5.32 Å². The van der Waals surface area contributed by atoms with Crippen molar-refractivity contribution in [3.63, 3.8) is 0 Å². The molecule has 2 unspecified atom stereocenters. The summed E-state index contributed by atoms with van der Waals surface area (Å²) >= 11 is 0. The molecule has 0 spiro atoms. The van der Waals surface area contributed by atoms with Gasteiger partial charge in [-0.1, -0.05) is 43.3 Å². The smallest absolute Gasteiger partial charge is 0.407 e. The maximum Gasteiger partial charge on any atom is 0.407 e. The van der Waals surface area contributed by atoms with Gasteiger partial charge < -0.3 is 14.8 Å². The third-order valence-electron chi connectivity index (χ3n) is 3.12. The molecule has 5 heteroatoms. The highest BCUT2D eigenvalue weighted by Gasteiger charge is 2.26. The topological polar surface area (TPSA) is 64.6 Å². The van der Waals surface area contributed by atoms with Gasteiger partial charge in [0.1, 0.15) is 6.61 Å². The average molecular weight is 291 g/mol. The Labute approximate surface area is 124 Å². The summed E-state index contributed by atoms with van der Waals surface area (Å²) in [5.41, 5.74) is 0.897. The van der Waals surface area contributed by atoms with E-state index in [9.17, 15) is 9.59 Å². The van der Waals surface area contributed by atoms with Gasteiger partial charge in [0.25, 0.3) is 0 Å². The van der Waals surface area contributed by atoms with Crippen LogP contribution in [0, 0.1) is 5.92 Å². The molecule has 0 radical (unpaired) electrons. The van der Waals surface area contributed by atoms with Crippen molar-refractivity contribution in [2.75, 3.05) is 7.11 Å². The first-order chi connectivity index (χ1) is 10.1. The van der Waals surface area contributed by atoms with Gasteiger partial charge in [0.05, 0.1) is 13.0 Å². The number of hydrogen-bond acceptors (Lipinski definition) is 4. The fraction of sp³-hybridized carbons (Fsp3) is 0.375. The normalized spacial score (nSPS) is 12.9. The second-order valence-corrected chi connectivity index (χ2v) is 4.51. The van der Waals surface area contributed by atoms with Crippen molar-refractivity contribution in [3.8, 4) is 0 Å². The largest absolute Gasteiger partial charge is 0.469 e. The molecule has 0 aromatic heterocycles. The van der Waals surface area contributed by atoms with E-state index >= 15 is 0 Å². The van der Waals surface area contributed by atoms with Crippen LogP contribution in [-0.4, -0.2) is 25.2 Å². The van der Waals surface area contributed by atoms with E-state index in [-0.39, 0.29) is 6.61 Å². The molecule has 1 aromatic carbocycles. The van der Waals surface area contributed by atoms with Crippen molar-refractivity contribution in [3.05, 3.63) is 48.6 Å². The molecule has 2 atom stereocenters. The third-order valence-corrected chi connectivity index (χ3v) is 3.12. The Hall–Kier alpha value is -2.30. The summed E-state index contributed by atoms with van der Waals surface area (Å²) < 4.78 is 9.83. The number of carbonyl (C=O) groups excluding carboxylic acids is 2. The van der Waals surface area contributed by atoms with Crippen LogP contribution in [0.15, 0.2) is 43.0 Å². The molecule has 5 nitrogen and oxygen atoms in total. The lowest BCUT2D eigenvalue weighted by molar-refractivity contribution is -0.144. The van der Waals surface area contributed by atoms with Crippen LogP contribution in [0.2, 0.25) is 0 Å². The minimum atomic E-state index is -0.593. The van der Waals surface area contributed by atoms with E-state index < -0.39 is 24.0 Å². The zero-order chi connectivity index (χ0) is 15.7. The van der Waals surface area contributed by atoms with Gasteiger partial charge in [0.2, 0.25) is 0 Å². The zero-order valence-corrected chi connectivity index (χ0v) is 12.4. The second kappa shape index (κ2) is 8.79. The predicted molar refractivity (Wildman–Crippen MR) is 79.5 cm³/mol. The monoisotopic (exact) mass is 291 g/mol. The SMILES string of the molecule is C=CC(C(=O)OC)C(CC)NC(=O)OCc1ccccc1. The third kappa shape index (κ3) is 5.30. The van der Waals surface area contributed by atoms with Gasteiger partial charge in [-0.3, -0.25) is 4.79 Å². The van der Waals surface area contributed by atoms with Crippen LogP contribution in [0.4, 0.5) is 4.79 Å².